The summed E-state index contributed by atoms with van der Waals surface area (Å²) >= 11 is 0. The van der Waals surface area contributed by atoms with Gasteiger partial charge in [-0.25, -0.2) is 8.42 Å². The molecular formula is C33H36F3N3O4S. The largest absolute Gasteiger partial charge is 0.493 e. The molecule has 3 aromatic rings. The Hall–Kier alpha value is -3.41. The number of carbonyl (C=O) groups excluding carboxylic acids is 1. The van der Waals surface area contributed by atoms with E-state index in [2.05, 4.69) is 16.3 Å². The van der Waals surface area contributed by atoms with Gasteiger partial charge in [-0.1, -0.05) is 48.9 Å². The molecule has 0 bridgehead atoms. The molecule has 3 heterocycles. The van der Waals surface area contributed by atoms with Gasteiger partial charge in [-0.15, -0.1) is 0 Å². The van der Waals surface area contributed by atoms with Gasteiger partial charge in [0.05, 0.1) is 23.1 Å². The molecule has 0 saturated carbocycles. The third-order valence-electron chi connectivity index (χ3n) is 8.80. The lowest BCUT2D eigenvalue weighted by molar-refractivity contribution is -0.137. The number of ether oxygens (including phenoxy) is 1. The van der Waals surface area contributed by atoms with Crippen LogP contribution in [0.15, 0.2) is 71.6 Å². The lowest BCUT2D eigenvalue weighted by atomic mass is 9.93. The first-order valence-corrected chi connectivity index (χ1v) is 16.6. The van der Waals surface area contributed by atoms with E-state index in [-0.39, 0.29) is 31.3 Å². The number of benzene rings is 3. The van der Waals surface area contributed by atoms with Gasteiger partial charge in [0.15, 0.2) is 0 Å². The molecule has 0 spiro atoms. The molecule has 0 radical (unpaired) electrons. The smallest absolute Gasteiger partial charge is 0.416 e. The normalized spacial score (nSPS) is 21.2. The number of sulfonamides is 1. The highest BCUT2D eigenvalue weighted by Crippen LogP contribution is 2.36. The van der Waals surface area contributed by atoms with E-state index in [1.807, 2.05) is 24.3 Å². The van der Waals surface area contributed by atoms with Gasteiger partial charge in [-0.05, 0) is 73.3 Å². The Morgan fingerprint density at radius 1 is 0.955 bits per heavy atom. The lowest BCUT2D eigenvalue weighted by Crippen LogP contribution is -2.47. The Labute approximate surface area is 256 Å². The molecule has 234 valence electrons. The van der Waals surface area contributed by atoms with Gasteiger partial charge < -0.3 is 10.1 Å². The van der Waals surface area contributed by atoms with Crippen LogP contribution in [0.2, 0.25) is 0 Å². The highest BCUT2D eigenvalue weighted by atomic mass is 32.2. The van der Waals surface area contributed by atoms with Gasteiger partial charge in [0, 0.05) is 37.5 Å². The minimum absolute atomic E-state index is 0.0351. The number of hydrogen-bond acceptors (Lipinski definition) is 5. The van der Waals surface area contributed by atoms with Crippen molar-refractivity contribution in [1.29, 1.82) is 0 Å². The molecule has 2 unspecified atom stereocenters. The molecule has 3 aromatic carbocycles. The molecule has 3 aliphatic rings. The van der Waals surface area contributed by atoms with Crippen molar-refractivity contribution in [3.63, 3.8) is 0 Å². The quantitative estimate of drug-likeness (QED) is 0.357. The molecule has 1 N–H and O–H groups in total. The molecule has 7 nitrogen and oxygen atoms in total. The van der Waals surface area contributed by atoms with Crippen molar-refractivity contribution < 1.29 is 31.1 Å². The van der Waals surface area contributed by atoms with Crippen molar-refractivity contribution in [3.05, 3.63) is 94.5 Å². The third-order valence-corrected chi connectivity index (χ3v) is 10.7. The number of rotatable bonds is 7. The summed E-state index contributed by atoms with van der Waals surface area (Å²) in [6, 6.07) is 16.2. The maximum absolute atomic E-state index is 13.8. The lowest BCUT2D eigenvalue weighted by Gasteiger charge is -2.36. The highest BCUT2D eigenvalue weighted by Gasteiger charge is 2.39. The van der Waals surface area contributed by atoms with Gasteiger partial charge in [-0.2, -0.15) is 17.5 Å². The number of piperidine rings is 1. The zero-order valence-electron chi connectivity index (χ0n) is 24.4. The minimum Gasteiger partial charge on any atom is -0.493 e. The van der Waals surface area contributed by atoms with Gasteiger partial charge in [0.1, 0.15) is 5.75 Å². The van der Waals surface area contributed by atoms with E-state index in [9.17, 15) is 26.4 Å². The van der Waals surface area contributed by atoms with E-state index in [0.717, 1.165) is 59.8 Å². The molecule has 44 heavy (non-hydrogen) atoms. The molecule has 2 atom stereocenters. The van der Waals surface area contributed by atoms with E-state index in [1.165, 1.54) is 29.6 Å². The fourth-order valence-corrected chi connectivity index (χ4v) is 8.16. The monoisotopic (exact) mass is 627 g/mol. The summed E-state index contributed by atoms with van der Waals surface area (Å²) in [7, 11) is -4.35. The van der Waals surface area contributed by atoms with Crippen molar-refractivity contribution in [2.75, 3.05) is 19.7 Å². The molecule has 0 aliphatic carbocycles. The number of halogens is 3. The minimum atomic E-state index is -4.69. The van der Waals surface area contributed by atoms with Crippen molar-refractivity contribution in [3.8, 4) is 5.75 Å². The van der Waals surface area contributed by atoms with E-state index in [0.29, 0.717) is 19.1 Å². The van der Waals surface area contributed by atoms with Crippen molar-refractivity contribution in [2.24, 2.45) is 0 Å². The zero-order valence-corrected chi connectivity index (χ0v) is 25.2. The summed E-state index contributed by atoms with van der Waals surface area (Å²) in [6.45, 7) is 3.43. The zero-order chi connectivity index (χ0) is 30.9. The van der Waals surface area contributed by atoms with Crippen LogP contribution in [0.5, 0.6) is 5.75 Å². The Morgan fingerprint density at radius 3 is 2.50 bits per heavy atom. The first kappa shape index (κ1) is 30.6. The summed E-state index contributed by atoms with van der Waals surface area (Å²) in [6.07, 6.45) is -0.287. The van der Waals surface area contributed by atoms with E-state index in [4.69, 9.17) is 4.74 Å². The van der Waals surface area contributed by atoms with E-state index >= 15 is 0 Å². The fraction of sp³-hybridized carbons (Fsp3) is 0.424. The Morgan fingerprint density at radius 2 is 1.73 bits per heavy atom. The van der Waals surface area contributed by atoms with Crippen LogP contribution in [-0.4, -0.2) is 49.3 Å². The Kier molecular flexibility index (Phi) is 8.72. The molecule has 11 heteroatoms. The van der Waals surface area contributed by atoms with Crippen LogP contribution < -0.4 is 10.1 Å². The fourth-order valence-electron chi connectivity index (χ4n) is 6.51. The molecule has 6 rings (SSSR count). The standard InChI is InChI=1S/C33H36F3N3O4S/c34-33(35,36)26-9-6-10-28(19-26)44(41,42)39-22-25-8-3-2-7-24(25)18-27(39)20-32(40)37-30-13-16-43-31-17-23(11-12-29(30)31)21-38-14-4-1-5-15-38/h2-3,6-12,17,19,27,30H,1,4-5,13-16,18,20-22H2,(H,37,40). The number of likely N-dealkylation sites (tertiary alicyclic amines) is 1. The summed E-state index contributed by atoms with van der Waals surface area (Å²) in [5.41, 5.74) is 2.68. The Bertz CT molecular complexity index is 1620. The van der Waals surface area contributed by atoms with E-state index in [1.54, 1.807) is 12.1 Å². The molecule has 0 aromatic heterocycles. The molecule has 1 saturated heterocycles. The topological polar surface area (TPSA) is 79.0 Å². The third kappa shape index (κ3) is 6.64. The van der Waals surface area contributed by atoms with Crippen LogP contribution in [0.25, 0.3) is 0 Å². The van der Waals surface area contributed by atoms with Crippen molar-refractivity contribution in [1.82, 2.24) is 14.5 Å². The van der Waals surface area contributed by atoms with Crippen LogP contribution >= 0.6 is 0 Å². The number of nitrogens with one attached hydrogen (secondary N) is 1. The van der Waals surface area contributed by atoms with Crippen LogP contribution in [-0.2, 0) is 40.5 Å². The molecule has 1 fully saturated rings. The van der Waals surface area contributed by atoms with Crippen molar-refractivity contribution >= 4 is 15.9 Å². The summed E-state index contributed by atoms with van der Waals surface area (Å²) in [5, 5.41) is 3.09. The number of alkyl halides is 3. The first-order chi connectivity index (χ1) is 21.1. The molecule has 3 aliphatic heterocycles. The number of amides is 1. The average Bonchev–Trinajstić information content (AvgIpc) is 3.01. The second-order valence-corrected chi connectivity index (χ2v) is 13.8. The van der Waals surface area contributed by atoms with Crippen molar-refractivity contribution in [2.45, 2.75) is 74.8 Å². The maximum Gasteiger partial charge on any atom is 0.416 e. The van der Waals surface area contributed by atoms with Gasteiger partial charge in [0.25, 0.3) is 0 Å². The van der Waals surface area contributed by atoms with Crippen LogP contribution in [0.4, 0.5) is 13.2 Å². The maximum atomic E-state index is 13.8. The second-order valence-electron chi connectivity index (χ2n) is 11.9. The number of hydrogen-bond donors (Lipinski definition) is 1. The second kappa shape index (κ2) is 12.5. The van der Waals surface area contributed by atoms with Crippen LogP contribution in [0.1, 0.15) is 66.0 Å². The number of carbonyl (C=O) groups is 1. The van der Waals surface area contributed by atoms with Gasteiger partial charge in [0.2, 0.25) is 15.9 Å². The number of fused-ring (bicyclic) bond motifs is 2. The molecule has 1 amide bonds. The summed E-state index contributed by atoms with van der Waals surface area (Å²) < 4.78 is 75.0. The highest BCUT2D eigenvalue weighted by molar-refractivity contribution is 7.89. The van der Waals surface area contributed by atoms with Crippen LogP contribution in [0, 0.1) is 0 Å². The van der Waals surface area contributed by atoms with Crippen LogP contribution in [0.3, 0.4) is 0 Å². The van der Waals surface area contributed by atoms with Gasteiger partial charge >= 0.3 is 6.18 Å². The van der Waals surface area contributed by atoms with Gasteiger partial charge in [-0.3, -0.25) is 9.69 Å². The average molecular weight is 628 g/mol. The predicted octanol–water partition coefficient (Wildman–Crippen LogP) is 5.84. The SMILES string of the molecule is O=C(CC1Cc2ccccc2CN1S(=O)(=O)c1cccc(C(F)(F)F)c1)NC1CCOc2cc(CN3CCCCC3)ccc21. The molecular weight excluding hydrogens is 591 g/mol. The number of nitrogens with zero attached hydrogens (tertiary/aromatic N) is 2. The Balaban J connectivity index is 1.20. The first-order valence-electron chi connectivity index (χ1n) is 15.1. The summed E-state index contributed by atoms with van der Waals surface area (Å²) in [5.74, 6) is 0.422. The summed E-state index contributed by atoms with van der Waals surface area (Å²) in [4.78, 5) is 15.5. The predicted molar refractivity (Wildman–Crippen MR) is 159 cm³/mol. The van der Waals surface area contributed by atoms with E-state index < -0.39 is 32.7 Å².